The van der Waals surface area contributed by atoms with Gasteiger partial charge in [0.15, 0.2) is 6.10 Å². The molecule has 156 valence electrons. The van der Waals surface area contributed by atoms with Crippen LogP contribution in [0.5, 0.6) is 17.2 Å². The third-order valence-corrected chi connectivity index (χ3v) is 3.98. The number of alkyl halides is 3. The van der Waals surface area contributed by atoms with Gasteiger partial charge in [-0.05, 0) is 37.3 Å². The van der Waals surface area contributed by atoms with Crippen LogP contribution < -0.4 is 9.47 Å². The number of carbonyl (C=O) groups excluding carboxylic acids is 2. The quantitative estimate of drug-likeness (QED) is 0.606. The molecule has 0 spiro atoms. The van der Waals surface area contributed by atoms with Crippen LogP contribution in [0.2, 0.25) is 5.02 Å². The van der Waals surface area contributed by atoms with Crippen LogP contribution in [0.3, 0.4) is 0 Å². The zero-order valence-corrected chi connectivity index (χ0v) is 16.3. The molecular weight excluding hydrogens is 417 g/mol. The first-order chi connectivity index (χ1) is 13.6. The van der Waals surface area contributed by atoms with E-state index in [9.17, 15) is 22.8 Å². The van der Waals surface area contributed by atoms with Crippen LogP contribution in [0.25, 0.3) is 0 Å². The molecule has 0 heterocycles. The van der Waals surface area contributed by atoms with Crippen molar-refractivity contribution in [2.24, 2.45) is 0 Å². The van der Waals surface area contributed by atoms with Crippen LogP contribution in [0.1, 0.15) is 22.8 Å². The molecule has 0 aliphatic heterocycles. The van der Waals surface area contributed by atoms with Gasteiger partial charge < -0.3 is 18.9 Å². The Bertz CT molecular complexity index is 913. The van der Waals surface area contributed by atoms with Crippen LogP contribution in [-0.4, -0.2) is 32.3 Å². The van der Waals surface area contributed by atoms with E-state index in [2.05, 4.69) is 9.47 Å². The summed E-state index contributed by atoms with van der Waals surface area (Å²) < 4.78 is 58.5. The highest BCUT2D eigenvalue weighted by Crippen LogP contribution is 2.37. The zero-order chi connectivity index (χ0) is 21.8. The van der Waals surface area contributed by atoms with Gasteiger partial charge >= 0.3 is 18.1 Å². The van der Waals surface area contributed by atoms with Gasteiger partial charge in [-0.3, -0.25) is 0 Å². The zero-order valence-electron chi connectivity index (χ0n) is 15.5. The summed E-state index contributed by atoms with van der Waals surface area (Å²) in [5.41, 5.74) is -0.916. The summed E-state index contributed by atoms with van der Waals surface area (Å²) in [6, 6.07) is 6.59. The van der Waals surface area contributed by atoms with Gasteiger partial charge in [-0.25, -0.2) is 9.59 Å². The van der Waals surface area contributed by atoms with E-state index in [1.165, 1.54) is 39.3 Å². The van der Waals surface area contributed by atoms with Gasteiger partial charge in [0.1, 0.15) is 22.8 Å². The summed E-state index contributed by atoms with van der Waals surface area (Å²) in [4.78, 5) is 23.5. The molecule has 0 saturated heterocycles. The third-order valence-electron chi connectivity index (χ3n) is 3.68. The molecule has 1 atom stereocenters. The van der Waals surface area contributed by atoms with Crippen molar-refractivity contribution in [1.82, 2.24) is 0 Å². The van der Waals surface area contributed by atoms with Crippen LogP contribution in [0.15, 0.2) is 36.4 Å². The van der Waals surface area contributed by atoms with E-state index in [-0.39, 0.29) is 27.8 Å². The Kier molecular flexibility index (Phi) is 6.97. The predicted molar refractivity (Wildman–Crippen MR) is 96.4 cm³/mol. The van der Waals surface area contributed by atoms with Crippen LogP contribution in [0.4, 0.5) is 13.2 Å². The van der Waals surface area contributed by atoms with Crippen molar-refractivity contribution in [3.8, 4) is 17.2 Å². The lowest BCUT2D eigenvalue weighted by atomic mass is 10.2. The van der Waals surface area contributed by atoms with Crippen molar-refractivity contribution in [2.75, 3.05) is 14.2 Å². The molecule has 10 heteroatoms. The van der Waals surface area contributed by atoms with Gasteiger partial charge in [0.05, 0.1) is 24.8 Å². The molecule has 0 amide bonds. The van der Waals surface area contributed by atoms with E-state index in [4.69, 9.17) is 21.1 Å². The molecule has 0 saturated carbocycles. The molecule has 2 aromatic rings. The molecule has 2 aromatic carbocycles. The Morgan fingerprint density at radius 2 is 1.69 bits per heavy atom. The van der Waals surface area contributed by atoms with Crippen molar-refractivity contribution in [2.45, 2.75) is 19.2 Å². The topological polar surface area (TPSA) is 71.1 Å². The maximum atomic E-state index is 12.8. The minimum Gasteiger partial charge on any atom is -0.478 e. The number of esters is 2. The second-order valence-electron chi connectivity index (χ2n) is 5.68. The Labute approximate surface area is 169 Å². The van der Waals surface area contributed by atoms with Crippen molar-refractivity contribution in [3.05, 3.63) is 52.5 Å². The van der Waals surface area contributed by atoms with Gasteiger partial charge in [0, 0.05) is 6.07 Å². The number of benzene rings is 2. The fraction of sp³-hybridized carbons (Fsp3) is 0.263. The number of hydrogen-bond acceptors (Lipinski definition) is 6. The molecular formula is C19H16ClF3O6. The molecule has 29 heavy (non-hydrogen) atoms. The number of carbonyl (C=O) groups is 2. The monoisotopic (exact) mass is 432 g/mol. The summed E-state index contributed by atoms with van der Waals surface area (Å²) in [7, 11) is 2.35. The average Bonchev–Trinajstić information content (AvgIpc) is 2.67. The highest BCUT2D eigenvalue weighted by molar-refractivity contribution is 6.32. The molecule has 0 radical (unpaired) electrons. The second-order valence-corrected chi connectivity index (χ2v) is 6.09. The maximum Gasteiger partial charge on any atom is 0.416 e. The third kappa shape index (κ3) is 5.54. The van der Waals surface area contributed by atoms with Crippen LogP contribution >= 0.6 is 11.6 Å². The minimum absolute atomic E-state index is 0.00844. The largest absolute Gasteiger partial charge is 0.478 e. The summed E-state index contributed by atoms with van der Waals surface area (Å²) in [6.07, 6.45) is -5.59. The molecule has 0 N–H and O–H groups in total. The van der Waals surface area contributed by atoms with Gasteiger partial charge in [-0.15, -0.1) is 0 Å². The average molecular weight is 433 g/mol. The first-order valence-electron chi connectivity index (χ1n) is 8.08. The number of ether oxygens (including phenoxy) is 4. The fourth-order valence-corrected chi connectivity index (χ4v) is 2.45. The molecule has 0 aromatic heterocycles. The van der Waals surface area contributed by atoms with Crippen LogP contribution in [0, 0.1) is 0 Å². The summed E-state index contributed by atoms with van der Waals surface area (Å²) in [6.45, 7) is 1.41. The minimum atomic E-state index is -4.55. The smallest absolute Gasteiger partial charge is 0.416 e. The maximum absolute atomic E-state index is 12.8. The summed E-state index contributed by atoms with van der Waals surface area (Å²) >= 11 is 5.88. The van der Waals surface area contributed by atoms with Gasteiger partial charge in [-0.1, -0.05) is 11.6 Å². The Balaban J connectivity index is 2.35. The Hall–Kier alpha value is -2.94. The lowest BCUT2D eigenvalue weighted by molar-refractivity contribution is -0.148. The van der Waals surface area contributed by atoms with E-state index >= 15 is 0 Å². The Morgan fingerprint density at radius 1 is 1.00 bits per heavy atom. The number of hydrogen-bond donors (Lipinski definition) is 0. The first kappa shape index (κ1) is 22.4. The SMILES string of the molecule is COC(=O)c1ccc(Oc2ccc(C(F)(F)F)cc2Cl)cc1OC(C)C(=O)OC. The lowest BCUT2D eigenvalue weighted by Crippen LogP contribution is -2.25. The predicted octanol–water partition coefficient (Wildman–Crippen LogP) is 4.88. The van der Waals surface area contributed by atoms with Gasteiger partial charge in [0.2, 0.25) is 0 Å². The van der Waals surface area contributed by atoms with Crippen molar-refractivity contribution in [1.29, 1.82) is 0 Å². The van der Waals surface area contributed by atoms with E-state index in [1.807, 2.05) is 0 Å². The van der Waals surface area contributed by atoms with E-state index in [0.29, 0.717) is 0 Å². The molecule has 0 fully saturated rings. The number of rotatable bonds is 6. The molecule has 2 rings (SSSR count). The van der Waals surface area contributed by atoms with Gasteiger partial charge in [-0.2, -0.15) is 13.2 Å². The van der Waals surface area contributed by atoms with Crippen molar-refractivity contribution < 1.29 is 41.7 Å². The van der Waals surface area contributed by atoms with Gasteiger partial charge in [0.25, 0.3) is 0 Å². The molecule has 0 bridgehead atoms. The second kappa shape index (κ2) is 9.04. The Morgan fingerprint density at radius 3 is 2.24 bits per heavy atom. The standard InChI is InChI=1S/C19H16ClF3O6/c1-10(17(24)26-2)28-16-9-12(5-6-13(16)18(25)27-3)29-15-7-4-11(8-14(15)20)19(21,22)23/h4-10H,1-3H3. The molecule has 1 unspecified atom stereocenters. The highest BCUT2D eigenvalue weighted by atomic mass is 35.5. The normalized spacial score (nSPS) is 12.1. The van der Waals surface area contributed by atoms with Crippen LogP contribution in [-0.2, 0) is 20.4 Å². The molecule has 6 nitrogen and oxygen atoms in total. The first-order valence-corrected chi connectivity index (χ1v) is 8.46. The summed E-state index contributed by atoms with van der Waals surface area (Å²) in [5, 5.41) is -0.262. The van der Waals surface area contributed by atoms with E-state index in [1.54, 1.807) is 0 Å². The number of methoxy groups -OCH3 is 2. The number of halogens is 4. The van der Waals surface area contributed by atoms with Crippen molar-refractivity contribution in [3.63, 3.8) is 0 Å². The fourth-order valence-electron chi connectivity index (χ4n) is 2.23. The van der Waals surface area contributed by atoms with E-state index < -0.39 is 29.8 Å². The molecule has 0 aliphatic carbocycles. The highest BCUT2D eigenvalue weighted by Gasteiger charge is 2.31. The van der Waals surface area contributed by atoms with E-state index in [0.717, 1.165) is 18.2 Å². The molecule has 0 aliphatic rings. The van der Waals surface area contributed by atoms with Crippen molar-refractivity contribution >= 4 is 23.5 Å². The lowest BCUT2D eigenvalue weighted by Gasteiger charge is -2.16. The summed E-state index contributed by atoms with van der Waals surface area (Å²) in [5.74, 6) is -1.40.